The number of rotatable bonds is 1. The van der Waals surface area contributed by atoms with Gasteiger partial charge in [-0.1, -0.05) is 17.4 Å². The van der Waals surface area contributed by atoms with Crippen LogP contribution in [0.15, 0.2) is 18.2 Å². The highest BCUT2D eigenvalue weighted by Gasteiger charge is 2.17. The zero-order valence-electron chi connectivity index (χ0n) is 6.94. The van der Waals surface area contributed by atoms with E-state index in [-0.39, 0.29) is 5.06 Å². The second-order valence-electron chi connectivity index (χ2n) is 2.84. The van der Waals surface area contributed by atoms with E-state index in [1.54, 1.807) is 18.2 Å². The molecule has 0 aliphatic heterocycles. The van der Waals surface area contributed by atoms with Crippen molar-refractivity contribution in [2.45, 2.75) is 0 Å². The Morgan fingerprint density at radius 3 is 2.64 bits per heavy atom. The Kier molecular flexibility index (Phi) is 2.69. The van der Waals surface area contributed by atoms with Crippen molar-refractivity contribution in [1.29, 1.82) is 0 Å². The van der Waals surface area contributed by atoms with Crippen LogP contribution in [0.3, 0.4) is 0 Å². The molecule has 1 aromatic carbocycles. The molecule has 0 aliphatic carbocycles. The lowest BCUT2D eigenvalue weighted by Gasteiger charge is -2.03. The van der Waals surface area contributed by atoms with Crippen LogP contribution in [0.5, 0.6) is 5.06 Å². The molecule has 72 valence electrons. The van der Waals surface area contributed by atoms with Crippen LogP contribution in [0.2, 0.25) is 0 Å². The van der Waals surface area contributed by atoms with Crippen LogP contribution in [-0.2, 0) is 0 Å². The third kappa shape index (κ3) is 1.62. The summed E-state index contributed by atoms with van der Waals surface area (Å²) >= 11 is 3.32. The fourth-order valence-electron chi connectivity index (χ4n) is 1.28. The third-order valence-electron chi connectivity index (χ3n) is 1.93. The molecule has 14 heavy (non-hydrogen) atoms. The van der Waals surface area contributed by atoms with E-state index < -0.39 is 7.12 Å². The fourth-order valence-corrected chi connectivity index (χ4v) is 3.18. The van der Waals surface area contributed by atoms with Gasteiger partial charge in [0.2, 0.25) is 0 Å². The average Bonchev–Trinajstić information content (AvgIpc) is 2.46. The van der Waals surface area contributed by atoms with Gasteiger partial charge in [0.25, 0.3) is 0 Å². The van der Waals surface area contributed by atoms with Gasteiger partial charge in [0.15, 0.2) is 5.06 Å². The van der Waals surface area contributed by atoms with E-state index >= 15 is 0 Å². The predicted octanol–water partition coefficient (Wildman–Crippen LogP) is 0.891. The largest absolute Gasteiger partial charge is 0.499 e. The Bertz CT molecular complexity index is 483. The molecule has 3 nitrogen and oxygen atoms in total. The van der Waals surface area contributed by atoms with Gasteiger partial charge in [0.05, 0.1) is 0 Å². The summed E-state index contributed by atoms with van der Waals surface area (Å²) in [5.74, 6) is 0. The smallest absolute Gasteiger partial charge is 0.489 e. The molecule has 0 saturated heterocycles. The number of halogens is 1. The van der Waals surface area contributed by atoms with E-state index in [1.165, 1.54) is 11.3 Å². The summed E-state index contributed by atoms with van der Waals surface area (Å²) in [5.41, 5.74) is 0.468. The minimum atomic E-state index is -1.46. The molecule has 0 spiro atoms. The summed E-state index contributed by atoms with van der Waals surface area (Å²) in [4.78, 5) is 0. The lowest BCUT2D eigenvalue weighted by atomic mass is 9.80. The molecule has 0 fully saturated rings. The molecule has 3 N–H and O–H groups in total. The molecule has 1 aromatic heterocycles. The summed E-state index contributed by atoms with van der Waals surface area (Å²) in [6, 6.07) is 5.06. The highest BCUT2D eigenvalue weighted by molar-refractivity contribution is 14.1. The molecular weight excluding hydrogens is 314 g/mol. The van der Waals surface area contributed by atoms with E-state index in [0.29, 0.717) is 5.46 Å². The van der Waals surface area contributed by atoms with Crippen LogP contribution in [0.1, 0.15) is 0 Å². The van der Waals surface area contributed by atoms with Crippen molar-refractivity contribution >= 4 is 56.6 Å². The molecule has 6 heteroatoms. The normalized spacial score (nSPS) is 10.8. The zero-order chi connectivity index (χ0) is 10.3. The van der Waals surface area contributed by atoms with Crippen molar-refractivity contribution in [3.63, 3.8) is 0 Å². The molecule has 0 radical (unpaired) electrons. The van der Waals surface area contributed by atoms with Crippen LogP contribution in [0, 0.1) is 3.57 Å². The number of benzene rings is 1. The lowest BCUT2D eigenvalue weighted by Crippen LogP contribution is -2.32. The minimum Gasteiger partial charge on any atom is -0.499 e. The monoisotopic (exact) mass is 320 g/mol. The summed E-state index contributed by atoms with van der Waals surface area (Å²) < 4.78 is 1.71. The van der Waals surface area contributed by atoms with Crippen LogP contribution in [0.25, 0.3) is 10.1 Å². The van der Waals surface area contributed by atoms with Crippen molar-refractivity contribution in [3.05, 3.63) is 21.8 Å². The van der Waals surface area contributed by atoms with E-state index in [0.717, 1.165) is 13.7 Å². The Balaban J connectivity index is 2.74. The lowest BCUT2D eigenvalue weighted by molar-refractivity contribution is 0.425. The van der Waals surface area contributed by atoms with Gasteiger partial charge in [-0.15, -0.1) is 0 Å². The van der Waals surface area contributed by atoms with Gasteiger partial charge in [0.1, 0.15) is 0 Å². The predicted molar refractivity (Wildman–Crippen MR) is 66.0 cm³/mol. The number of fused-ring (bicyclic) bond motifs is 1. The topological polar surface area (TPSA) is 60.7 Å². The summed E-state index contributed by atoms with van der Waals surface area (Å²) in [5, 5.41) is 28.5. The molecule has 0 bridgehead atoms. The number of hydrogen-bond acceptors (Lipinski definition) is 4. The maximum atomic E-state index is 9.30. The first-order valence-corrected chi connectivity index (χ1v) is 5.76. The van der Waals surface area contributed by atoms with Gasteiger partial charge >= 0.3 is 7.12 Å². The second-order valence-corrected chi connectivity index (χ2v) is 4.98. The van der Waals surface area contributed by atoms with Crippen LogP contribution in [-0.4, -0.2) is 22.3 Å². The van der Waals surface area contributed by atoms with E-state index in [2.05, 4.69) is 0 Å². The van der Waals surface area contributed by atoms with Crippen molar-refractivity contribution in [3.8, 4) is 5.06 Å². The Morgan fingerprint density at radius 1 is 1.29 bits per heavy atom. The SMILES string of the molecule is OB(O)c1ccc2sc(O)cc2c1I. The average molecular weight is 320 g/mol. The maximum Gasteiger partial charge on any atom is 0.489 e. The number of hydrogen-bond donors (Lipinski definition) is 3. The van der Waals surface area contributed by atoms with Gasteiger partial charge in [0, 0.05) is 19.7 Å². The van der Waals surface area contributed by atoms with E-state index in [9.17, 15) is 5.11 Å². The van der Waals surface area contributed by atoms with Gasteiger partial charge in [-0.2, -0.15) is 0 Å². The van der Waals surface area contributed by atoms with Gasteiger partial charge in [-0.25, -0.2) is 0 Å². The van der Waals surface area contributed by atoms with Gasteiger partial charge in [-0.3, -0.25) is 0 Å². The first kappa shape index (κ1) is 10.2. The van der Waals surface area contributed by atoms with Crippen molar-refractivity contribution in [2.75, 3.05) is 0 Å². The second kappa shape index (κ2) is 3.69. The summed E-state index contributed by atoms with van der Waals surface area (Å²) in [7, 11) is -1.46. The van der Waals surface area contributed by atoms with Gasteiger partial charge in [-0.05, 0) is 34.1 Å². The van der Waals surface area contributed by atoms with Crippen LogP contribution in [0.4, 0.5) is 0 Å². The quantitative estimate of drug-likeness (QED) is 0.540. The minimum absolute atomic E-state index is 0.238. The molecule has 2 aromatic rings. The van der Waals surface area contributed by atoms with Crippen LogP contribution < -0.4 is 5.46 Å². The van der Waals surface area contributed by atoms with Gasteiger partial charge < -0.3 is 15.2 Å². The number of aromatic hydroxyl groups is 1. The zero-order valence-corrected chi connectivity index (χ0v) is 9.91. The maximum absolute atomic E-state index is 9.30. The van der Waals surface area contributed by atoms with E-state index in [4.69, 9.17) is 10.0 Å². The molecule has 2 rings (SSSR count). The van der Waals surface area contributed by atoms with E-state index in [1.807, 2.05) is 22.6 Å². The standard InChI is InChI=1S/C8H6BIO3S/c10-8-4-3-7(11)14-6(4)2-1-5(8)9(12)13/h1-3,11-13H. The molecule has 1 heterocycles. The molecular formula is C8H6BIO3S. The number of thiophene rings is 1. The van der Waals surface area contributed by atoms with Crippen molar-refractivity contribution < 1.29 is 15.2 Å². The van der Waals surface area contributed by atoms with Crippen molar-refractivity contribution in [1.82, 2.24) is 0 Å². The highest BCUT2D eigenvalue weighted by atomic mass is 127. The molecule has 0 atom stereocenters. The summed E-state index contributed by atoms with van der Waals surface area (Å²) in [6.07, 6.45) is 0. The van der Waals surface area contributed by atoms with Crippen molar-refractivity contribution in [2.24, 2.45) is 0 Å². The fraction of sp³-hybridized carbons (Fsp3) is 0. The highest BCUT2D eigenvalue weighted by Crippen LogP contribution is 2.32. The molecule has 0 saturated carbocycles. The summed E-state index contributed by atoms with van der Waals surface area (Å²) in [6.45, 7) is 0. The first-order valence-electron chi connectivity index (χ1n) is 3.86. The Hall–Kier alpha value is -0.305. The first-order chi connectivity index (χ1) is 6.59. The third-order valence-corrected chi connectivity index (χ3v) is 4.04. The Labute approximate surface area is 98.3 Å². The molecule has 0 unspecified atom stereocenters. The van der Waals surface area contributed by atoms with Crippen LogP contribution >= 0.6 is 33.9 Å². The molecule has 0 aliphatic rings. The molecule has 0 amide bonds. The Morgan fingerprint density at radius 2 is 2.00 bits per heavy atom.